The van der Waals surface area contributed by atoms with Gasteiger partial charge in [-0.1, -0.05) is 0 Å². The Kier molecular flexibility index (Phi) is 6.78. The van der Waals surface area contributed by atoms with E-state index in [-0.39, 0.29) is 23.9 Å². The molecule has 0 atom stereocenters. The van der Waals surface area contributed by atoms with E-state index in [0.717, 1.165) is 5.69 Å². The van der Waals surface area contributed by atoms with E-state index < -0.39 is 0 Å². The van der Waals surface area contributed by atoms with Gasteiger partial charge < -0.3 is 19.8 Å². The monoisotopic (exact) mass is 346 g/mol. The van der Waals surface area contributed by atoms with Gasteiger partial charge in [-0.15, -0.1) is 0 Å². The maximum Gasteiger partial charge on any atom is 0.266 e. The minimum absolute atomic E-state index is 0.0341. The van der Waals surface area contributed by atoms with Crippen LogP contribution in [0.1, 0.15) is 6.92 Å². The molecule has 1 saturated heterocycles. The Balaban J connectivity index is 1.98. The minimum Gasteiger partial charge on any atom is -0.395 e. The molecule has 0 radical (unpaired) electrons. The van der Waals surface area contributed by atoms with Crippen LogP contribution in [0.3, 0.4) is 0 Å². The number of rotatable bonds is 6. The number of amides is 1. The fourth-order valence-electron chi connectivity index (χ4n) is 2.75. The van der Waals surface area contributed by atoms with Crippen molar-refractivity contribution < 1.29 is 14.3 Å². The maximum absolute atomic E-state index is 13.0. The van der Waals surface area contributed by atoms with Crippen LogP contribution in [0, 0.1) is 17.1 Å². The van der Waals surface area contributed by atoms with Crippen LogP contribution in [-0.4, -0.2) is 66.7 Å². The lowest BCUT2D eigenvalue weighted by molar-refractivity contribution is -0.127. The summed E-state index contributed by atoms with van der Waals surface area (Å²) in [6.45, 7) is 5.11. The average molecular weight is 346 g/mol. The minimum atomic E-state index is -0.294. The van der Waals surface area contributed by atoms with E-state index in [1.165, 1.54) is 18.3 Å². The lowest BCUT2D eigenvalue weighted by Crippen LogP contribution is -2.49. The summed E-state index contributed by atoms with van der Waals surface area (Å²) in [5.41, 5.74) is 0.996. The fourth-order valence-corrected chi connectivity index (χ4v) is 2.75. The second-order valence-electron chi connectivity index (χ2n) is 5.76. The Morgan fingerprint density at radius 1 is 1.32 bits per heavy atom. The van der Waals surface area contributed by atoms with Gasteiger partial charge >= 0.3 is 0 Å². The van der Waals surface area contributed by atoms with Crippen molar-refractivity contribution in [3.8, 4) is 6.07 Å². The number of anilines is 1. The fraction of sp³-hybridized carbons (Fsp3) is 0.444. The third kappa shape index (κ3) is 4.94. The van der Waals surface area contributed by atoms with Crippen LogP contribution in [0.2, 0.25) is 0 Å². The van der Waals surface area contributed by atoms with Crippen LogP contribution in [-0.2, 0) is 4.79 Å². The first kappa shape index (κ1) is 18.7. The first-order valence-electron chi connectivity index (χ1n) is 8.35. The van der Waals surface area contributed by atoms with Crippen LogP contribution in [0.5, 0.6) is 0 Å². The Labute approximate surface area is 147 Å². The number of piperazine rings is 1. The van der Waals surface area contributed by atoms with Crippen molar-refractivity contribution in [2.45, 2.75) is 6.92 Å². The maximum atomic E-state index is 13.0. The molecule has 1 aromatic rings. The topological polar surface area (TPSA) is 70.8 Å². The van der Waals surface area contributed by atoms with Crippen LogP contribution < -0.4 is 4.90 Å². The SMILES string of the molecule is CCN(/C=C(/C#N)C(=O)N1CCN(c2ccc(F)cc2)CC1)CCO. The second kappa shape index (κ2) is 9.04. The summed E-state index contributed by atoms with van der Waals surface area (Å²) in [5.74, 6) is -0.567. The zero-order chi connectivity index (χ0) is 18.2. The van der Waals surface area contributed by atoms with Crippen molar-refractivity contribution in [3.63, 3.8) is 0 Å². The molecule has 134 valence electrons. The normalized spacial score (nSPS) is 15.0. The molecule has 1 aliphatic heterocycles. The van der Waals surface area contributed by atoms with E-state index in [1.54, 1.807) is 21.9 Å². The van der Waals surface area contributed by atoms with Crippen LogP contribution in [0.25, 0.3) is 0 Å². The molecule has 1 N–H and O–H groups in total. The molecule has 6 nitrogen and oxygen atoms in total. The zero-order valence-electron chi connectivity index (χ0n) is 14.4. The van der Waals surface area contributed by atoms with Gasteiger partial charge in [0.1, 0.15) is 17.5 Å². The number of likely N-dealkylation sites (N-methyl/N-ethyl adjacent to an activating group) is 1. The molecule has 0 spiro atoms. The Hall–Kier alpha value is -2.59. The van der Waals surface area contributed by atoms with Crippen molar-refractivity contribution >= 4 is 11.6 Å². The number of hydrogen-bond acceptors (Lipinski definition) is 5. The first-order valence-corrected chi connectivity index (χ1v) is 8.35. The molecule has 25 heavy (non-hydrogen) atoms. The number of nitrogens with zero attached hydrogens (tertiary/aromatic N) is 4. The molecular formula is C18H23FN4O2. The average Bonchev–Trinajstić information content (AvgIpc) is 2.65. The van der Waals surface area contributed by atoms with E-state index in [9.17, 15) is 14.4 Å². The molecule has 2 rings (SSSR count). The number of halogens is 1. The molecule has 0 bridgehead atoms. The van der Waals surface area contributed by atoms with Crippen LogP contribution in [0.4, 0.5) is 10.1 Å². The molecule has 0 aromatic heterocycles. The number of benzene rings is 1. The summed E-state index contributed by atoms with van der Waals surface area (Å²) in [5, 5.41) is 18.3. The highest BCUT2D eigenvalue weighted by Crippen LogP contribution is 2.17. The largest absolute Gasteiger partial charge is 0.395 e. The molecule has 0 unspecified atom stereocenters. The van der Waals surface area contributed by atoms with Gasteiger partial charge in [0, 0.05) is 51.2 Å². The van der Waals surface area contributed by atoms with Gasteiger partial charge in [-0.3, -0.25) is 4.79 Å². The predicted molar refractivity (Wildman–Crippen MR) is 93.2 cm³/mol. The highest BCUT2D eigenvalue weighted by atomic mass is 19.1. The van der Waals surface area contributed by atoms with Crippen molar-refractivity contribution in [2.24, 2.45) is 0 Å². The molecule has 7 heteroatoms. The van der Waals surface area contributed by atoms with E-state index >= 15 is 0 Å². The summed E-state index contributed by atoms with van der Waals surface area (Å²) in [7, 11) is 0. The molecule has 0 saturated carbocycles. The Bertz CT molecular complexity index is 646. The summed E-state index contributed by atoms with van der Waals surface area (Å²) >= 11 is 0. The van der Waals surface area contributed by atoms with Crippen LogP contribution in [0.15, 0.2) is 36.0 Å². The number of aliphatic hydroxyl groups excluding tert-OH is 1. The van der Waals surface area contributed by atoms with Crippen molar-refractivity contribution in [3.05, 3.63) is 41.9 Å². The number of nitriles is 1. The summed E-state index contributed by atoms with van der Waals surface area (Å²) in [6.07, 6.45) is 1.52. The molecule has 1 fully saturated rings. The highest BCUT2D eigenvalue weighted by molar-refractivity contribution is 5.97. The van der Waals surface area contributed by atoms with Gasteiger partial charge in [-0.05, 0) is 31.2 Å². The van der Waals surface area contributed by atoms with Gasteiger partial charge in [0.15, 0.2) is 0 Å². The standard InChI is InChI=1S/C18H23FN4O2/c1-2-21(11-12-24)14-15(13-20)18(25)23-9-7-22(8-10-23)17-5-3-16(19)4-6-17/h3-6,14,24H,2,7-12H2,1H3/b15-14-. The third-order valence-electron chi connectivity index (χ3n) is 4.21. The second-order valence-corrected chi connectivity index (χ2v) is 5.76. The molecule has 0 aliphatic carbocycles. The van der Waals surface area contributed by atoms with Gasteiger partial charge in [-0.2, -0.15) is 5.26 Å². The summed E-state index contributed by atoms with van der Waals surface area (Å²) in [4.78, 5) is 18.0. The summed E-state index contributed by atoms with van der Waals surface area (Å²) < 4.78 is 13.0. The van der Waals surface area contributed by atoms with Gasteiger partial charge in [-0.25, -0.2) is 4.39 Å². The quantitative estimate of drug-likeness (QED) is 0.619. The van der Waals surface area contributed by atoms with E-state index in [0.29, 0.717) is 39.3 Å². The molecule has 1 aliphatic rings. The first-order chi connectivity index (χ1) is 12.1. The molecular weight excluding hydrogens is 323 g/mol. The predicted octanol–water partition coefficient (Wildman–Crippen LogP) is 1.20. The van der Waals surface area contributed by atoms with E-state index in [1.807, 2.05) is 13.0 Å². The van der Waals surface area contributed by atoms with E-state index in [2.05, 4.69) is 4.90 Å². The van der Waals surface area contributed by atoms with Crippen molar-refractivity contribution in [1.82, 2.24) is 9.80 Å². The molecule has 1 amide bonds. The van der Waals surface area contributed by atoms with Crippen LogP contribution >= 0.6 is 0 Å². The molecule has 1 heterocycles. The lowest BCUT2D eigenvalue weighted by Gasteiger charge is -2.36. The highest BCUT2D eigenvalue weighted by Gasteiger charge is 2.24. The van der Waals surface area contributed by atoms with Crippen molar-refractivity contribution in [1.29, 1.82) is 5.26 Å². The number of carbonyl (C=O) groups is 1. The molecule has 1 aromatic carbocycles. The van der Waals surface area contributed by atoms with Gasteiger partial charge in [0.2, 0.25) is 0 Å². The number of hydrogen-bond donors (Lipinski definition) is 1. The third-order valence-corrected chi connectivity index (χ3v) is 4.21. The lowest BCUT2D eigenvalue weighted by atomic mass is 10.2. The Morgan fingerprint density at radius 3 is 2.48 bits per heavy atom. The van der Waals surface area contributed by atoms with E-state index in [4.69, 9.17) is 5.11 Å². The number of carbonyl (C=O) groups excluding carboxylic acids is 1. The van der Waals surface area contributed by atoms with Gasteiger partial charge in [0.05, 0.1) is 6.61 Å². The number of aliphatic hydroxyl groups is 1. The zero-order valence-corrected chi connectivity index (χ0v) is 14.4. The Morgan fingerprint density at radius 2 is 1.96 bits per heavy atom. The van der Waals surface area contributed by atoms with Gasteiger partial charge in [0.25, 0.3) is 5.91 Å². The smallest absolute Gasteiger partial charge is 0.266 e. The summed E-state index contributed by atoms with van der Waals surface area (Å²) in [6, 6.07) is 8.25. The van der Waals surface area contributed by atoms with Crippen molar-refractivity contribution in [2.75, 3.05) is 50.8 Å².